The third-order valence-corrected chi connectivity index (χ3v) is 3.81. The van der Waals surface area contributed by atoms with Gasteiger partial charge in [0.25, 0.3) is 5.69 Å². The first-order chi connectivity index (χ1) is 13.1. The second-order valence-electron chi connectivity index (χ2n) is 5.72. The Morgan fingerprint density at radius 3 is 2.04 bits per heavy atom. The normalized spacial score (nSPS) is 10.6. The van der Waals surface area contributed by atoms with Gasteiger partial charge < -0.3 is 0 Å². The molecule has 0 aromatic heterocycles. The number of nitro groups is 1. The molecule has 3 aromatic carbocycles. The monoisotopic (exact) mass is 353 g/mol. The summed E-state index contributed by atoms with van der Waals surface area (Å²) < 4.78 is 0. The van der Waals surface area contributed by atoms with Crippen LogP contribution in [0.3, 0.4) is 0 Å². The van der Waals surface area contributed by atoms with E-state index < -0.39 is 4.92 Å². The predicted octanol–water partition coefficient (Wildman–Crippen LogP) is 4.91. The highest BCUT2D eigenvalue weighted by Gasteiger charge is 2.10. The molecule has 3 rings (SSSR count). The number of nitrogens with zero attached hydrogens (tertiary/aromatic N) is 1. The molecule has 4 heteroatoms. The van der Waals surface area contributed by atoms with Crippen molar-refractivity contribution >= 4 is 17.5 Å². The molecule has 0 heterocycles. The summed E-state index contributed by atoms with van der Waals surface area (Å²) in [6.07, 6.45) is 1.74. The van der Waals surface area contributed by atoms with Crippen molar-refractivity contribution in [3.05, 3.63) is 117 Å². The van der Waals surface area contributed by atoms with Crippen LogP contribution in [-0.2, 0) is 0 Å². The van der Waals surface area contributed by atoms with Gasteiger partial charge in [-0.05, 0) is 23.8 Å². The van der Waals surface area contributed by atoms with Crippen LogP contribution in [-0.4, -0.2) is 10.7 Å². The number of non-ortho nitro benzene ring substituents is 1. The fraction of sp³-hybridized carbons (Fsp3) is 0. The Bertz CT molecular complexity index is 1040. The zero-order valence-electron chi connectivity index (χ0n) is 14.3. The fourth-order valence-corrected chi connectivity index (χ4v) is 2.43. The molecule has 0 saturated heterocycles. The molecule has 0 fully saturated rings. The van der Waals surface area contributed by atoms with Gasteiger partial charge in [0.15, 0.2) is 0 Å². The Balaban J connectivity index is 1.97. The maximum absolute atomic E-state index is 12.9. The van der Waals surface area contributed by atoms with Crippen LogP contribution in [0.15, 0.2) is 90.5 Å². The number of rotatable bonds is 4. The van der Waals surface area contributed by atoms with E-state index in [0.29, 0.717) is 16.7 Å². The SMILES string of the molecule is O=C(/C(C#Cc1ccc([N+](=O)[O-])cc1)=C/c1ccccc1)c1ccccc1. The first kappa shape index (κ1) is 17.8. The fourth-order valence-electron chi connectivity index (χ4n) is 2.43. The summed E-state index contributed by atoms with van der Waals surface area (Å²) in [6.45, 7) is 0. The molecule has 0 N–H and O–H groups in total. The number of ketones is 1. The summed E-state index contributed by atoms with van der Waals surface area (Å²) in [7, 11) is 0. The van der Waals surface area contributed by atoms with E-state index in [-0.39, 0.29) is 11.5 Å². The number of benzene rings is 3. The molecule has 27 heavy (non-hydrogen) atoms. The lowest BCUT2D eigenvalue weighted by atomic mass is 10.0. The Hall–Kier alpha value is -3.97. The summed E-state index contributed by atoms with van der Waals surface area (Å²) in [5.74, 6) is 5.67. The topological polar surface area (TPSA) is 60.2 Å². The highest BCUT2D eigenvalue weighted by molar-refractivity contribution is 6.14. The number of allylic oxidation sites excluding steroid dienone is 1. The van der Waals surface area contributed by atoms with Gasteiger partial charge in [0.2, 0.25) is 5.78 Å². The van der Waals surface area contributed by atoms with E-state index >= 15 is 0 Å². The summed E-state index contributed by atoms with van der Waals surface area (Å²) in [6, 6.07) is 24.3. The second kappa shape index (κ2) is 8.41. The van der Waals surface area contributed by atoms with Crippen LogP contribution in [0.4, 0.5) is 5.69 Å². The zero-order chi connectivity index (χ0) is 19.1. The molecule has 0 amide bonds. The van der Waals surface area contributed by atoms with Gasteiger partial charge in [-0.1, -0.05) is 72.5 Å². The summed E-state index contributed by atoms with van der Waals surface area (Å²) >= 11 is 0. The van der Waals surface area contributed by atoms with Crippen LogP contribution < -0.4 is 0 Å². The molecule has 0 aliphatic rings. The van der Waals surface area contributed by atoms with Crippen LogP contribution in [0, 0.1) is 22.0 Å². The second-order valence-corrected chi connectivity index (χ2v) is 5.72. The lowest BCUT2D eigenvalue weighted by molar-refractivity contribution is -0.384. The Labute approximate surface area is 156 Å². The minimum Gasteiger partial charge on any atom is -0.288 e. The van der Waals surface area contributed by atoms with Gasteiger partial charge in [-0.2, -0.15) is 0 Å². The molecule has 0 saturated carbocycles. The smallest absolute Gasteiger partial charge is 0.269 e. The van der Waals surface area contributed by atoms with E-state index in [9.17, 15) is 14.9 Å². The van der Waals surface area contributed by atoms with Crippen molar-refractivity contribution in [2.24, 2.45) is 0 Å². The molecule has 130 valence electrons. The molecule has 0 bridgehead atoms. The molecule has 0 atom stereocenters. The third-order valence-electron chi connectivity index (χ3n) is 3.81. The lowest BCUT2D eigenvalue weighted by Crippen LogP contribution is -2.01. The van der Waals surface area contributed by atoms with E-state index in [1.165, 1.54) is 12.1 Å². The first-order valence-electron chi connectivity index (χ1n) is 8.26. The van der Waals surface area contributed by atoms with Crippen LogP contribution in [0.25, 0.3) is 6.08 Å². The number of hydrogen-bond acceptors (Lipinski definition) is 3. The Morgan fingerprint density at radius 1 is 0.852 bits per heavy atom. The average molecular weight is 353 g/mol. The van der Waals surface area contributed by atoms with Crippen LogP contribution in [0.2, 0.25) is 0 Å². The van der Waals surface area contributed by atoms with E-state index in [2.05, 4.69) is 11.8 Å². The molecule has 0 aliphatic carbocycles. The number of carbonyl (C=O) groups excluding carboxylic acids is 1. The highest BCUT2D eigenvalue weighted by atomic mass is 16.6. The van der Waals surface area contributed by atoms with Gasteiger partial charge in [0, 0.05) is 23.3 Å². The van der Waals surface area contributed by atoms with E-state index in [1.54, 1.807) is 42.5 Å². The molecule has 3 aromatic rings. The van der Waals surface area contributed by atoms with Crippen LogP contribution in [0.1, 0.15) is 21.5 Å². The highest BCUT2D eigenvalue weighted by Crippen LogP contribution is 2.14. The van der Waals surface area contributed by atoms with Gasteiger partial charge >= 0.3 is 0 Å². The summed E-state index contributed by atoms with van der Waals surface area (Å²) in [5.41, 5.74) is 2.37. The molecule has 0 radical (unpaired) electrons. The van der Waals surface area contributed by atoms with Crippen molar-refractivity contribution in [1.29, 1.82) is 0 Å². The number of nitro benzene ring substituents is 1. The molecule has 0 unspecified atom stereocenters. The quantitative estimate of drug-likeness (QED) is 0.220. The molecular weight excluding hydrogens is 338 g/mol. The van der Waals surface area contributed by atoms with Crippen molar-refractivity contribution in [1.82, 2.24) is 0 Å². The number of hydrogen-bond donors (Lipinski definition) is 0. The summed E-state index contributed by atoms with van der Waals surface area (Å²) in [5, 5.41) is 10.7. The predicted molar refractivity (Wildman–Crippen MR) is 105 cm³/mol. The van der Waals surface area contributed by atoms with Gasteiger partial charge in [-0.15, -0.1) is 0 Å². The summed E-state index contributed by atoms with van der Waals surface area (Å²) in [4.78, 5) is 23.1. The Kier molecular flexibility index (Phi) is 5.56. The van der Waals surface area contributed by atoms with Crippen molar-refractivity contribution in [2.75, 3.05) is 0 Å². The molecule has 0 spiro atoms. The molecule has 4 nitrogen and oxygen atoms in total. The van der Waals surface area contributed by atoms with Gasteiger partial charge in [-0.25, -0.2) is 0 Å². The Morgan fingerprint density at radius 2 is 1.44 bits per heavy atom. The number of Topliss-reactive ketones (excluding diaryl/α,β-unsaturated/α-hetero) is 1. The van der Waals surface area contributed by atoms with Crippen LogP contribution >= 0.6 is 0 Å². The van der Waals surface area contributed by atoms with Gasteiger partial charge in [-0.3, -0.25) is 14.9 Å². The maximum Gasteiger partial charge on any atom is 0.269 e. The first-order valence-corrected chi connectivity index (χ1v) is 8.26. The molecule has 0 aliphatic heterocycles. The molecular formula is C23H15NO3. The largest absolute Gasteiger partial charge is 0.288 e. The van der Waals surface area contributed by atoms with Gasteiger partial charge in [0.1, 0.15) is 0 Å². The minimum atomic E-state index is -0.461. The zero-order valence-corrected chi connectivity index (χ0v) is 14.3. The minimum absolute atomic E-state index is 0.000892. The number of carbonyl (C=O) groups is 1. The van der Waals surface area contributed by atoms with Crippen molar-refractivity contribution < 1.29 is 9.72 Å². The third kappa shape index (κ3) is 4.77. The van der Waals surface area contributed by atoms with Crippen molar-refractivity contribution in [2.45, 2.75) is 0 Å². The maximum atomic E-state index is 12.9. The van der Waals surface area contributed by atoms with Gasteiger partial charge in [0.05, 0.1) is 10.5 Å². The lowest BCUT2D eigenvalue weighted by Gasteiger charge is -2.01. The van der Waals surface area contributed by atoms with Crippen LogP contribution in [0.5, 0.6) is 0 Å². The van der Waals surface area contributed by atoms with E-state index in [1.807, 2.05) is 36.4 Å². The van der Waals surface area contributed by atoms with E-state index in [4.69, 9.17) is 0 Å². The van der Waals surface area contributed by atoms with E-state index in [0.717, 1.165) is 5.56 Å². The standard InChI is InChI=1S/C23H15NO3/c25-23(20-9-5-2-6-10-20)21(17-19-7-3-1-4-8-19)14-11-18-12-15-22(16-13-18)24(26)27/h1-10,12-13,15-17H/b21-17+. The van der Waals surface area contributed by atoms with Crippen molar-refractivity contribution in [3.63, 3.8) is 0 Å². The average Bonchev–Trinajstić information content (AvgIpc) is 2.72. The van der Waals surface area contributed by atoms with Crippen molar-refractivity contribution in [3.8, 4) is 11.8 Å².